The average molecular weight is 612 g/mol. The third-order valence-corrected chi connectivity index (χ3v) is 7.29. The first kappa shape index (κ1) is 32.9. The van der Waals surface area contributed by atoms with Gasteiger partial charge in [0.1, 0.15) is 0 Å². The Hall–Kier alpha value is -3.63. The highest BCUT2D eigenvalue weighted by atomic mass is 31.2. The Kier molecular flexibility index (Phi) is 10.3. The molecule has 2 N–H and O–H groups in total. The molecule has 18 heteroatoms. The number of fused-ring (bicyclic) bond motifs is 2. The van der Waals surface area contributed by atoms with Crippen LogP contribution in [0.25, 0.3) is 22.3 Å². The lowest BCUT2D eigenvalue weighted by molar-refractivity contribution is 0.142. The fourth-order valence-corrected chi connectivity index (χ4v) is 5.05. The summed E-state index contributed by atoms with van der Waals surface area (Å²) in [5, 5.41) is 3.31. The molecule has 0 saturated heterocycles. The first-order valence-electron chi connectivity index (χ1n) is 13.2. The minimum Gasteiger partial charge on any atom is -0.322 e. The van der Waals surface area contributed by atoms with Crippen molar-refractivity contribution < 1.29 is 18.5 Å². The monoisotopic (exact) mass is 611 g/mol. The molecule has 0 aromatic carbocycles. The zero-order chi connectivity index (χ0) is 31.5. The Morgan fingerprint density at radius 3 is 1.40 bits per heavy atom. The first-order valence-corrected chi connectivity index (χ1v) is 14.7. The predicted octanol–water partition coefficient (Wildman–Crippen LogP) is -0.593. The Bertz CT molecular complexity index is 1730. The van der Waals surface area contributed by atoms with Gasteiger partial charge in [-0.15, -0.1) is 0 Å². The van der Waals surface area contributed by atoms with Gasteiger partial charge in [0, 0.05) is 53.4 Å². The smallest absolute Gasteiger partial charge is 0.322 e. The molecule has 0 aliphatic rings. The number of rotatable bonds is 10. The van der Waals surface area contributed by atoms with Gasteiger partial charge in [0.25, 0.3) is 11.1 Å². The molecule has 17 nitrogen and oxygen atoms in total. The zero-order valence-electron chi connectivity index (χ0n) is 25.0. The van der Waals surface area contributed by atoms with Gasteiger partial charge in [0.2, 0.25) is 0 Å². The quantitative estimate of drug-likeness (QED) is 0.218. The van der Waals surface area contributed by atoms with Gasteiger partial charge in [-0.2, -0.15) is 0 Å². The summed E-state index contributed by atoms with van der Waals surface area (Å²) in [5.41, 5.74) is -1.51. The van der Waals surface area contributed by atoms with Crippen molar-refractivity contribution in [3.63, 3.8) is 0 Å². The number of hydrogen-bond acceptors (Lipinski definition) is 10. The second-order valence-corrected chi connectivity index (χ2v) is 11.7. The molecule has 4 heterocycles. The summed E-state index contributed by atoms with van der Waals surface area (Å²) < 4.78 is 29.4. The van der Waals surface area contributed by atoms with Crippen LogP contribution in [0.15, 0.2) is 31.8 Å². The van der Waals surface area contributed by atoms with Crippen LogP contribution in [-0.2, 0) is 54.9 Å². The van der Waals surface area contributed by atoms with Crippen LogP contribution in [0.2, 0.25) is 0 Å². The molecule has 0 aliphatic carbocycles. The average Bonchev–Trinajstić information content (AvgIpc) is 3.52. The van der Waals surface area contributed by atoms with Crippen LogP contribution in [0.1, 0.15) is 27.7 Å². The SMILES string of the molecule is CC(C)NC(C)C.Cn1c(=O)c2c(ncn2CCOP(=O)(O)OCCn2cnc3c2c(=O)n(C)c(=O)n3C)n(C)c1=O. The number of phosphoric acid groups is 1. The van der Waals surface area contributed by atoms with Gasteiger partial charge in [-0.25, -0.2) is 24.1 Å². The van der Waals surface area contributed by atoms with Crippen LogP contribution in [0, 0.1) is 0 Å². The summed E-state index contributed by atoms with van der Waals surface area (Å²) in [6.07, 6.45) is 2.66. The van der Waals surface area contributed by atoms with Gasteiger partial charge < -0.3 is 19.3 Å². The van der Waals surface area contributed by atoms with E-state index in [1.54, 1.807) is 0 Å². The van der Waals surface area contributed by atoms with Crippen LogP contribution in [0.4, 0.5) is 0 Å². The molecular formula is C24H38N9O8P. The number of aromatic nitrogens is 8. The summed E-state index contributed by atoms with van der Waals surface area (Å²) >= 11 is 0. The second-order valence-electron chi connectivity index (χ2n) is 10.2. The molecule has 0 amide bonds. The lowest BCUT2D eigenvalue weighted by Gasteiger charge is -2.13. The van der Waals surface area contributed by atoms with E-state index in [2.05, 4.69) is 43.0 Å². The van der Waals surface area contributed by atoms with E-state index >= 15 is 0 Å². The van der Waals surface area contributed by atoms with Gasteiger partial charge in [0.15, 0.2) is 22.3 Å². The van der Waals surface area contributed by atoms with Crippen LogP contribution < -0.4 is 27.8 Å². The van der Waals surface area contributed by atoms with Crippen molar-refractivity contribution in [2.24, 2.45) is 28.2 Å². The van der Waals surface area contributed by atoms with Gasteiger partial charge in [-0.1, -0.05) is 27.7 Å². The summed E-state index contributed by atoms with van der Waals surface area (Å²) in [4.78, 5) is 67.0. The molecule has 4 aromatic rings. The van der Waals surface area contributed by atoms with Crippen molar-refractivity contribution in [3.05, 3.63) is 54.3 Å². The number of imidazole rings is 2. The molecular weight excluding hydrogens is 573 g/mol. The van der Waals surface area contributed by atoms with Crippen LogP contribution in [0.3, 0.4) is 0 Å². The van der Waals surface area contributed by atoms with Crippen molar-refractivity contribution in [2.75, 3.05) is 13.2 Å². The fraction of sp³-hybridized carbons (Fsp3) is 0.583. The molecule has 0 fully saturated rings. The molecule has 0 spiro atoms. The van der Waals surface area contributed by atoms with Crippen molar-refractivity contribution in [1.82, 2.24) is 42.7 Å². The van der Waals surface area contributed by atoms with E-state index in [0.29, 0.717) is 12.1 Å². The highest BCUT2D eigenvalue weighted by Crippen LogP contribution is 2.43. The Morgan fingerprint density at radius 2 is 1.10 bits per heavy atom. The van der Waals surface area contributed by atoms with E-state index in [-0.39, 0.29) is 48.6 Å². The minimum atomic E-state index is -4.47. The van der Waals surface area contributed by atoms with Gasteiger partial charge in [0.05, 0.1) is 25.9 Å². The summed E-state index contributed by atoms with van der Waals surface area (Å²) in [6.45, 7) is 8.02. The highest BCUT2D eigenvalue weighted by Gasteiger charge is 2.22. The molecule has 4 aromatic heterocycles. The number of nitrogens with one attached hydrogen (secondary N) is 1. The predicted molar refractivity (Wildman–Crippen MR) is 156 cm³/mol. The summed E-state index contributed by atoms with van der Waals surface area (Å²) in [6, 6.07) is 1.25. The molecule has 0 unspecified atom stereocenters. The van der Waals surface area contributed by atoms with Crippen molar-refractivity contribution in [1.29, 1.82) is 0 Å². The zero-order valence-corrected chi connectivity index (χ0v) is 25.9. The van der Waals surface area contributed by atoms with E-state index in [9.17, 15) is 28.6 Å². The Labute approximate surface area is 240 Å². The van der Waals surface area contributed by atoms with E-state index in [4.69, 9.17) is 9.05 Å². The topological polar surface area (TPSA) is 191 Å². The lowest BCUT2D eigenvalue weighted by Crippen LogP contribution is -2.37. The molecule has 0 saturated carbocycles. The molecule has 232 valence electrons. The summed E-state index contributed by atoms with van der Waals surface area (Å²) in [5.74, 6) is 0. The largest absolute Gasteiger partial charge is 0.472 e. The van der Waals surface area contributed by atoms with Gasteiger partial charge >= 0.3 is 19.2 Å². The standard InChI is InChI=1S/C18H23N8O8P.C6H15N/c1-21-13-11(15(27)23(3)17(21)29)25(9-19-13)5-7-33-35(31,32)34-8-6-26-10-20-14-12(26)16(28)24(4)18(30)22(14)2;1-5(2)7-6(3)4/h9-10H,5-8H2,1-4H3,(H,31,32);5-7H,1-4H3. The maximum absolute atomic E-state index is 12.4. The van der Waals surface area contributed by atoms with Gasteiger partial charge in [-0.05, 0) is 0 Å². The number of aryl methyl sites for hydroxylation is 2. The molecule has 42 heavy (non-hydrogen) atoms. The third kappa shape index (κ3) is 7.04. The van der Waals surface area contributed by atoms with Crippen LogP contribution in [-0.4, -0.2) is 67.6 Å². The lowest BCUT2D eigenvalue weighted by atomic mass is 10.3. The molecule has 0 atom stereocenters. The van der Waals surface area contributed by atoms with E-state index in [0.717, 1.165) is 9.13 Å². The van der Waals surface area contributed by atoms with Crippen LogP contribution >= 0.6 is 7.82 Å². The Balaban J connectivity index is 0.000000616. The van der Waals surface area contributed by atoms with E-state index in [1.807, 2.05) is 0 Å². The first-order chi connectivity index (χ1) is 19.6. The van der Waals surface area contributed by atoms with Gasteiger partial charge in [-0.3, -0.25) is 36.9 Å². The third-order valence-electron chi connectivity index (χ3n) is 6.27. The van der Waals surface area contributed by atoms with Crippen LogP contribution in [0.5, 0.6) is 0 Å². The Morgan fingerprint density at radius 1 is 0.738 bits per heavy atom. The minimum absolute atomic E-state index is 0.00587. The second kappa shape index (κ2) is 13.1. The number of phosphoric ester groups is 1. The normalized spacial score (nSPS) is 12.1. The van der Waals surface area contributed by atoms with Crippen molar-refractivity contribution in [2.45, 2.75) is 52.9 Å². The molecule has 0 aliphatic heterocycles. The van der Waals surface area contributed by atoms with Crippen molar-refractivity contribution >= 4 is 30.2 Å². The number of hydrogen-bond donors (Lipinski definition) is 2. The fourth-order valence-electron chi connectivity index (χ4n) is 4.35. The maximum atomic E-state index is 12.4. The highest BCUT2D eigenvalue weighted by molar-refractivity contribution is 7.47. The van der Waals surface area contributed by atoms with Crippen molar-refractivity contribution in [3.8, 4) is 0 Å². The number of nitrogens with zero attached hydrogens (tertiary/aromatic N) is 8. The van der Waals surface area contributed by atoms with E-state index < -0.39 is 30.3 Å². The maximum Gasteiger partial charge on any atom is 0.472 e. The summed E-state index contributed by atoms with van der Waals surface area (Å²) in [7, 11) is 1.17. The molecule has 4 rings (SSSR count). The van der Waals surface area contributed by atoms with E-state index in [1.165, 1.54) is 59.1 Å². The molecule has 0 bridgehead atoms. The molecule has 0 radical (unpaired) electrons.